The number of benzene rings is 1. The molecular formula is C12H15ClN2O. The summed E-state index contributed by atoms with van der Waals surface area (Å²) in [6.07, 6.45) is 4.77. The van der Waals surface area contributed by atoms with Gasteiger partial charge in [-0.3, -0.25) is 4.79 Å². The van der Waals surface area contributed by atoms with Gasteiger partial charge in [0.1, 0.15) is 0 Å². The summed E-state index contributed by atoms with van der Waals surface area (Å²) in [5, 5.41) is 4.28. The van der Waals surface area contributed by atoms with E-state index in [0.29, 0.717) is 10.6 Å². The molecule has 0 heterocycles. The smallest absolute Gasteiger partial charge is 0.267 e. The molecule has 0 saturated carbocycles. The summed E-state index contributed by atoms with van der Waals surface area (Å²) in [4.78, 5) is 11.6. The second kappa shape index (κ2) is 7.01. The second-order valence-electron chi connectivity index (χ2n) is 3.37. The molecule has 4 heteroatoms. The van der Waals surface area contributed by atoms with Crippen LogP contribution >= 0.6 is 11.6 Å². The van der Waals surface area contributed by atoms with Crippen molar-refractivity contribution in [3.8, 4) is 0 Å². The summed E-state index contributed by atoms with van der Waals surface area (Å²) < 4.78 is 0. The number of nitrogens with zero attached hydrogens (tertiary/aromatic N) is 1. The average molecular weight is 239 g/mol. The molecule has 0 aliphatic heterocycles. The molecule has 0 radical (unpaired) electrons. The van der Waals surface area contributed by atoms with Crippen LogP contribution < -0.4 is 5.43 Å². The van der Waals surface area contributed by atoms with E-state index in [1.165, 1.54) is 0 Å². The molecule has 0 aliphatic rings. The fourth-order valence-electron chi connectivity index (χ4n) is 1.17. The van der Waals surface area contributed by atoms with E-state index in [1.54, 1.807) is 30.5 Å². The van der Waals surface area contributed by atoms with Gasteiger partial charge in [0.2, 0.25) is 0 Å². The zero-order valence-corrected chi connectivity index (χ0v) is 10.00. The molecule has 0 fully saturated rings. The Bertz CT molecular complexity index is 377. The molecule has 1 aromatic rings. The van der Waals surface area contributed by atoms with Crippen molar-refractivity contribution in [1.82, 2.24) is 5.43 Å². The maximum Gasteiger partial charge on any atom is 0.272 e. The molecule has 0 spiro atoms. The van der Waals surface area contributed by atoms with Crippen molar-refractivity contribution in [2.75, 3.05) is 0 Å². The highest BCUT2D eigenvalue weighted by atomic mass is 35.5. The molecular weight excluding hydrogens is 224 g/mol. The predicted molar refractivity (Wildman–Crippen MR) is 66.9 cm³/mol. The number of halogens is 1. The van der Waals surface area contributed by atoms with Crippen LogP contribution in [0.5, 0.6) is 0 Å². The Morgan fingerprint density at radius 1 is 1.50 bits per heavy atom. The van der Waals surface area contributed by atoms with Gasteiger partial charge in [-0.1, -0.05) is 37.1 Å². The summed E-state index contributed by atoms with van der Waals surface area (Å²) >= 11 is 5.87. The van der Waals surface area contributed by atoms with Gasteiger partial charge >= 0.3 is 0 Å². The van der Waals surface area contributed by atoms with Gasteiger partial charge in [0, 0.05) is 6.21 Å². The van der Waals surface area contributed by atoms with Crippen molar-refractivity contribution in [2.45, 2.75) is 26.2 Å². The number of rotatable bonds is 5. The Morgan fingerprint density at radius 3 is 2.94 bits per heavy atom. The fourth-order valence-corrected chi connectivity index (χ4v) is 1.39. The summed E-state index contributed by atoms with van der Waals surface area (Å²) in [6.45, 7) is 2.11. The van der Waals surface area contributed by atoms with Crippen molar-refractivity contribution < 1.29 is 4.79 Å². The molecule has 3 nitrogen and oxygen atoms in total. The van der Waals surface area contributed by atoms with Crippen LogP contribution in [0.25, 0.3) is 0 Å². The Hall–Kier alpha value is -1.35. The first-order valence-electron chi connectivity index (χ1n) is 5.32. The van der Waals surface area contributed by atoms with Gasteiger partial charge in [0.05, 0.1) is 10.6 Å². The lowest BCUT2D eigenvalue weighted by Crippen LogP contribution is -2.17. The van der Waals surface area contributed by atoms with Crippen molar-refractivity contribution in [3.05, 3.63) is 34.9 Å². The van der Waals surface area contributed by atoms with E-state index in [-0.39, 0.29) is 5.91 Å². The van der Waals surface area contributed by atoms with E-state index in [2.05, 4.69) is 17.5 Å². The first-order valence-corrected chi connectivity index (χ1v) is 5.70. The molecule has 0 atom stereocenters. The number of hydrazone groups is 1. The van der Waals surface area contributed by atoms with Crippen LogP contribution in [-0.4, -0.2) is 12.1 Å². The highest BCUT2D eigenvalue weighted by Crippen LogP contribution is 2.14. The highest BCUT2D eigenvalue weighted by molar-refractivity contribution is 6.33. The number of hydrogen-bond acceptors (Lipinski definition) is 2. The van der Waals surface area contributed by atoms with Crippen molar-refractivity contribution in [1.29, 1.82) is 0 Å². The standard InChI is InChI=1S/C12H15ClN2O/c1-2-3-6-9-14-15-12(16)10-7-4-5-8-11(10)13/h4-5,7-9H,2-3,6H2,1H3,(H,15,16)/b14-9+. The van der Waals surface area contributed by atoms with E-state index < -0.39 is 0 Å². The average Bonchev–Trinajstić information content (AvgIpc) is 2.29. The van der Waals surface area contributed by atoms with E-state index in [9.17, 15) is 4.79 Å². The van der Waals surface area contributed by atoms with Crippen molar-refractivity contribution >= 4 is 23.7 Å². The highest BCUT2D eigenvalue weighted by Gasteiger charge is 2.07. The molecule has 0 saturated heterocycles. The Morgan fingerprint density at radius 2 is 2.25 bits per heavy atom. The summed E-state index contributed by atoms with van der Waals surface area (Å²) in [7, 11) is 0. The maximum absolute atomic E-state index is 11.6. The van der Waals surface area contributed by atoms with Crippen LogP contribution in [0, 0.1) is 0 Å². The minimum absolute atomic E-state index is 0.279. The first-order chi connectivity index (χ1) is 7.75. The van der Waals surface area contributed by atoms with Crippen molar-refractivity contribution in [3.63, 3.8) is 0 Å². The molecule has 0 bridgehead atoms. The molecule has 0 aromatic heterocycles. The summed E-state index contributed by atoms with van der Waals surface area (Å²) in [5.41, 5.74) is 2.89. The molecule has 86 valence electrons. The lowest BCUT2D eigenvalue weighted by Gasteiger charge is -2.01. The number of unbranched alkanes of at least 4 members (excludes halogenated alkanes) is 2. The van der Waals surface area contributed by atoms with E-state index in [4.69, 9.17) is 11.6 Å². The molecule has 1 rings (SSSR count). The minimum atomic E-state index is -0.279. The van der Waals surface area contributed by atoms with Gasteiger partial charge in [-0.05, 0) is 25.0 Å². The van der Waals surface area contributed by atoms with Gasteiger partial charge in [0.15, 0.2) is 0 Å². The SMILES string of the molecule is CCCC/C=N/NC(=O)c1ccccc1Cl. The molecule has 16 heavy (non-hydrogen) atoms. The largest absolute Gasteiger partial charge is 0.272 e. The third kappa shape index (κ3) is 4.03. The van der Waals surface area contributed by atoms with Crippen LogP contribution in [0.3, 0.4) is 0 Å². The maximum atomic E-state index is 11.6. The summed E-state index contributed by atoms with van der Waals surface area (Å²) in [5.74, 6) is -0.279. The topological polar surface area (TPSA) is 41.5 Å². The van der Waals surface area contributed by atoms with Gasteiger partial charge < -0.3 is 0 Å². The normalized spacial score (nSPS) is 10.6. The van der Waals surface area contributed by atoms with Gasteiger partial charge in [-0.15, -0.1) is 0 Å². The van der Waals surface area contributed by atoms with Crippen LogP contribution in [0.1, 0.15) is 36.5 Å². The molecule has 0 unspecified atom stereocenters. The second-order valence-corrected chi connectivity index (χ2v) is 3.78. The predicted octanol–water partition coefficient (Wildman–Crippen LogP) is 3.25. The lowest BCUT2D eigenvalue weighted by atomic mass is 10.2. The van der Waals surface area contributed by atoms with Crippen molar-refractivity contribution in [2.24, 2.45) is 5.10 Å². The molecule has 1 N–H and O–H groups in total. The third-order valence-corrected chi connectivity index (χ3v) is 2.39. The van der Waals surface area contributed by atoms with Crippen LogP contribution in [0.4, 0.5) is 0 Å². The zero-order valence-electron chi connectivity index (χ0n) is 9.24. The molecule has 1 aromatic carbocycles. The molecule has 1 amide bonds. The first kappa shape index (κ1) is 12.7. The Balaban J connectivity index is 2.47. The third-order valence-electron chi connectivity index (χ3n) is 2.06. The van der Waals surface area contributed by atoms with Crippen LogP contribution in [0.2, 0.25) is 5.02 Å². The van der Waals surface area contributed by atoms with E-state index >= 15 is 0 Å². The van der Waals surface area contributed by atoms with Gasteiger partial charge in [-0.2, -0.15) is 5.10 Å². The number of amides is 1. The lowest BCUT2D eigenvalue weighted by molar-refractivity contribution is 0.0955. The van der Waals surface area contributed by atoms with Gasteiger partial charge in [0.25, 0.3) is 5.91 Å². The van der Waals surface area contributed by atoms with E-state index in [1.807, 2.05) is 0 Å². The Kier molecular flexibility index (Phi) is 5.57. The number of hydrogen-bond donors (Lipinski definition) is 1. The van der Waals surface area contributed by atoms with Crippen LogP contribution in [-0.2, 0) is 0 Å². The molecule has 0 aliphatic carbocycles. The van der Waals surface area contributed by atoms with E-state index in [0.717, 1.165) is 19.3 Å². The zero-order chi connectivity index (χ0) is 11.8. The van der Waals surface area contributed by atoms with Gasteiger partial charge in [-0.25, -0.2) is 5.43 Å². The van der Waals surface area contributed by atoms with Crippen LogP contribution in [0.15, 0.2) is 29.4 Å². The number of nitrogens with one attached hydrogen (secondary N) is 1. The number of carbonyl (C=O) groups excluding carboxylic acids is 1. The number of carbonyl (C=O) groups is 1. The quantitative estimate of drug-likeness (QED) is 0.478. The monoisotopic (exact) mass is 238 g/mol. The minimum Gasteiger partial charge on any atom is -0.267 e. The fraction of sp³-hybridized carbons (Fsp3) is 0.333. The summed E-state index contributed by atoms with van der Waals surface area (Å²) in [6, 6.07) is 6.89. The Labute approximate surface area is 101 Å².